The highest BCUT2D eigenvalue weighted by Crippen LogP contribution is 2.28. The van der Waals surface area contributed by atoms with Crippen LogP contribution in [0.3, 0.4) is 0 Å². The molecule has 4 rings (SSSR count). The van der Waals surface area contributed by atoms with Gasteiger partial charge in [0.1, 0.15) is 0 Å². The van der Waals surface area contributed by atoms with Gasteiger partial charge in [0.15, 0.2) is 0 Å². The minimum absolute atomic E-state index is 0.151. The third-order valence-electron chi connectivity index (χ3n) is 5.46. The third kappa shape index (κ3) is 3.94. The first kappa shape index (κ1) is 21.1. The van der Waals surface area contributed by atoms with Gasteiger partial charge in [0.2, 0.25) is 0 Å². The van der Waals surface area contributed by atoms with Crippen LogP contribution in [0.1, 0.15) is 17.3 Å². The highest BCUT2D eigenvalue weighted by molar-refractivity contribution is 6.31. The van der Waals surface area contributed by atoms with E-state index in [1.807, 2.05) is 49.4 Å². The molecular formula is C25H23ClN2O3. The first-order valence-corrected chi connectivity index (χ1v) is 10.5. The molecule has 158 valence electrons. The second-order valence-electron chi connectivity index (χ2n) is 7.29. The number of hydrogen-bond donors (Lipinski definition) is 0. The van der Waals surface area contributed by atoms with Crippen LogP contribution in [0.4, 0.5) is 0 Å². The Balaban J connectivity index is 2.07. The summed E-state index contributed by atoms with van der Waals surface area (Å²) in [6, 6.07) is 18.5. The number of aromatic nitrogens is 1. The molecule has 4 aromatic rings. The smallest absolute Gasteiger partial charge is 0.263 e. The lowest BCUT2D eigenvalue weighted by atomic mass is 10.0. The van der Waals surface area contributed by atoms with Crippen molar-refractivity contribution in [2.75, 3.05) is 26.8 Å². The zero-order valence-electron chi connectivity index (χ0n) is 17.5. The fourth-order valence-corrected chi connectivity index (χ4v) is 4.02. The third-order valence-corrected chi connectivity index (χ3v) is 5.69. The molecular weight excluding hydrogens is 412 g/mol. The molecule has 0 saturated carbocycles. The zero-order chi connectivity index (χ0) is 22.0. The summed E-state index contributed by atoms with van der Waals surface area (Å²) >= 11 is 6.28. The minimum atomic E-state index is -0.181. The molecule has 0 aliphatic rings. The summed E-state index contributed by atoms with van der Waals surface area (Å²) in [6.45, 7) is 3.35. The van der Waals surface area contributed by atoms with E-state index >= 15 is 0 Å². The molecule has 31 heavy (non-hydrogen) atoms. The van der Waals surface area contributed by atoms with Crippen LogP contribution >= 0.6 is 11.6 Å². The van der Waals surface area contributed by atoms with Crippen molar-refractivity contribution in [3.63, 3.8) is 0 Å². The number of ether oxygens (including phenoxy) is 1. The van der Waals surface area contributed by atoms with Crippen LogP contribution in [0.2, 0.25) is 5.02 Å². The molecule has 0 unspecified atom stereocenters. The lowest BCUT2D eigenvalue weighted by Gasteiger charge is -2.22. The molecule has 5 nitrogen and oxygen atoms in total. The van der Waals surface area contributed by atoms with Crippen molar-refractivity contribution in [2.24, 2.45) is 0 Å². The van der Waals surface area contributed by atoms with Gasteiger partial charge in [-0.1, -0.05) is 48.0 Å². The second-order valence-corrected chi connectivity index (χ2v) is 7.72. The maximum absolute atomic E-state index is 13.6. The molecule has 0 spiro atoms. The molecule has 1 amide bonds. The van der Waals surface area contributed by atoms with Gasteiger partial charge < -0.3 is 9.64 Å². The van der Waals surface area contributed by atoms with Crippen LogP contribution in [0.25, 0.3) is 27.4 Å². The van der Waals surface area contributed by atoms with Gasteiger partial charge in [0.05, 0.1) is 17.7 Å². The maximum Gasteiger partial charge on any atom is 0.263 e. The zero-order valence-corrected chi connectivity index (χ0v) is 18.2. The predicted octanol–water partition coefficient (Wildman–Crippen LogP) is 4.88. The van der Waals surface area contributed by atoms with Gasteiger partial charge >= 0.3 is 0 Å². The number of fused-ring (bicyclic) bond motifs is 3. The number of methoxy groups -OCH3 is 1. The Kier molecular flexibility index (Phi) is 6.07. The average molecular weight is 435 g/mol. The van der Waals surface area contributed by atoms with Gasteiger partial charge in [-0.3, -0.25) is 14.0 Å². The maximum atomic E-state index is 13.6. The number of nitrogens with zero attached hydrogens (tertiary/aromatic N) is 2. The Morgan fingerprint density at radius 2 is 1.87 bits per heavy atom. The number of carbonyl (C=O) groups is 1. The first-order chi connectivity index (χ1) is 15.0. The van der Waals surface area contributed by atoms with Crippen LogP contribution in [0.5, 0.6) is 0 Å². The fourth-order valence-electron chi connectivity index (χ4n) is 3.85. The summed E-state index contributed by atoms with van der Waals surface area (Å²) in [5.41, 5.74) is 2.09. The summed E-state index contributed by atoms with van der Waals surface area (Å²) in [5.74, 6) is -0.151. The SMILES string of the molecule is CCN(CCOC)C(=O)c1cc(-c2ccccc2)c(=O)n2ccc3ccc(Cl)cc3c12. The van der Waals surface area contributed by atoms with Gasteiger partial charge in [0.25, 0.3) is 11.5 Å². The predicted molar refractivity (Wildman–Crippen MR) is 125 cm³/mol. The van der Waals surface area contributed by atoms with Crippen molar-refractivity contribution in [2.45, 2.75) is 6.92 Å². The molecule has 0 aliphatic carbocycles. The molecule has 0 fully saturated rings. The van der Waals surface area contributed by atoms with E-state index < -0.39 is 0 Å². The number of rotatable bonds is 6. The number of pyridine rings is 2. The Labute approximate surface area is 185 Å². The Morgan fingerprint density at radius 3 is 2.58 bits per heavy atom. The molecule has 0 bridgehead atoms. The number of halogens is 1. The normalized spacial score (nSPS) is 11.2. The molecule has 6 heteroatoms. The van der Waals surface area contributed by atoms with E-state index in [9.17, 15) is 9.59 Å². The van der Waals surface area contributed by atoms with Crippen LogP contribution in [-0.2, 0) is 4.74 Å². The number of likely N-dealkylation sites (N-methyl/N-ethyl adjacent to an activating group) is 1. The topological polar surface area (TPSA) is 51.0 Å². The van der Waals surface area contributed by atoms with Crippen molar-refractivity contribution in [3.8, 4) is 11.1 Å². The van der Waals surface area contributed by atoms with Gasteiger partial charge in [-0.25, -0.2) is 0 Å². The Hall–Kier alpha value is -3.15. The summed E-state index contributed by atoms with van der Waals surface area (Å²) < 4.78 is 6.73. The van der Waals surface area contributed by atoms with Crippen molar-refractivity contribution < 1.29 is 9.53 Å². The van der Waals surface area contributed by atoms with E-state index in [0.717, 1.165) is 16.3 Å². The Bertz CT molecular complexity index is 1320. The van der Waals surface area contributed by atoms with E-state index in [0.29, 0.717) is 41.4 Å². The largest absolute Gasteiger partial charge is 0.383 e. The number of benzene rings is 2. The quantitative estimate of drug-likeness (QED) is 0.406. The van der Waals surface area contributed by atoms with Crippen molar-refractivity contribution in [3.05, 3.63) is 87.8 Å². The summed E-state index contributed by atoms with van der Waals surface area (Å²) in [4.78, 5) is 28.8. The van der Waals surface area contributed by atoms with Gasteiger partial charge in [-0.15, -0.1) is 0 Å². The van der Waals surface area contributed by atoms with Crippen LogP contribution in [0.15, 0.2) is 71.7 Å². The average Bonchev–Trinajstić information content (AvgIpc) is 2.80. The van der Waals surface area contributed by atoms with Crippen molar-refractivity contribution in [1.82, 2.24) is 9.30 Å². The summed E-state index contributed by atoms with van der Waals surface area (Å²) in [5, 5.41) is 2.22. The molecule has 0 saturated heterocycles. The number of carbonyl (C=O) groups excluding carboxylic acids is 1. The lowest BCUT2D eigenvalue weighted by Crippen LogP contribution is -2.34. The van der Waals surface area contributed by atoms with E-state index in [1.54, 1.807) is 40.8 Å². The van der Waals surface area contributed by atoms with E-state index in [1.165, 1.54) is 0 Å². The number of hydrogen-bond acceptors (Lipinski definition) is 3. The fraction of sp³-hybridized carbons (Fsp3) is 0.200. The van der Waals surface area contributed by atoms with Crippen molar-refractivity contribution in [1.29, 1.82) is 0 Å². The summed E-state index contributed by atoms with van der Waals surface area (Å²) in [7, 11) is 1.61. The molecule has 0 radical (unpaired) electrons. The van der Waals surface area contributed by atoms with Gasteiger partial charge in [-0.05, 0) is 42.1 Å². The van der Waals surface area contributed by atoms with E-state index in [4.69, 9.17) is 16.3 Å². The second kappa shape index (κ2) is 8.92. The van der Waals surface area contributed by atoms with Crippen LogP contribution < -0.4 is 5.56 Å². The van der Waals surface area contributed by atoms with Gasteiger partial charge in [-0.2, -0.15) is 0 Å². The molecule has 2 heterocycles. The highest BCUT2D eigenvalue weighted by Gasteiger charge is 2.22. The molecule has 0 atom stereocenters. The molecule has 0 N–H and O–H groups in total. The van der Waals surface area contributed by atoms with E-state index in [2.05, 4.69) is 0 Å². The van der Waals surface area contributed by atoms with Crippen LogP contribution in [-0.4, -0.2) is 42.0 Å². The standard InChI is InChI=1S/C25H23ClN2O3/c1-3-27(13-14-31-2)24(29)22-16-21(17-7-5-4-6-8-17)25(30)28-12-11-18-9-10-19(26)15-20(18)23(22)28/h4-12,15-16H,3,13-14H2,1-2H3. The Morgan fingerprint density at radius 1 is 1.10 bits per heavy atom. The minimum Gasteiger partial charge on any atom is -0.383 e. The molecule has 0 aliphatic heterocycles. The lowest BCUT2D eigenvalue weighted by molar-refractivity contribution is 0.0708. The molecule has 2 aromatic heterocycles. The summed E-state index contributed by atoms with van der Waals surface area (Å²) in [6.07, 6.45) is 1.72. The van der Waals surface area contributed by atoms with Gasteiger partial charge in [0, 0.05) is 42.4 Å². The van der Waals surface area contributed by atoms with E-state index in [-0.39, 0.29) is 11.5 Å². The van der Waals surface area contributed by atoms with Crippen molar-refractivity contribution >= 4 is 33.8 Å². The monoisotopic (exact) mass is 434 g/mol. The molecule has 2 aromatic carbocycles. The number of amides is 1. The van der Waals surface area contributed by atoms with Crippen LogP contribution in [0, 0.1) is 0 Å². The first-order valence-electron chi connectivity index (χ1n) is 10.2. The highest BCUT2D eigenvalue weighted by atomic mass is 35.5.